The molecule has 0 aliphatic carbocycles. The van der Waals surface area contributed by atoms with E-state index < -0.39 is 131 Å². The lowest BCUT2D eigenvalue weighted by molar-refractivity contribution is -0.159. The van der Waals surface area contributed by atoms with E-state index in [2.05, 4.69) is 31.9 Å². The number of anilines is 1. The van der Waals surface area contributed by atoms with Crippen LogP contribution in [0.4, 0.5) is 15.3 Å². The third kappa shape index (κ3) is 25.7. The molecule has 27 heteroatoms. The van der Waals surface area contributed by atoms with Gasteiger partial charge in [-0.25, -0.2) is 14.4 Å². The molecule has 2 aliphatic rings. The van der Waals surface area contributed by atoms with Gasteiger partial charge in [-0.3, -0.25) is 53.0 Å². The number of nitrogens with one attached hydrogen (secondary N) is 6. The van der Waals surface area contributed by atoms with Crippen LogP contribution in [-0.4, -0.2) is 199 Å². The number of ether oxygens (including phenoxy) is 4. The number of likely N-dealkylation sites (N-methyl/N-ethyl adjacent to an activating group) is 2. The van der Waals surface area contributed by atoms with Crippen LogP contribution in [0.15, 0.2) is 66.7 Å². The first-order chi connectivity index (χ1) is 46.6. The summed E-state index contributed by atoms with van der Waals surface area (Å²) in [7, 11) is 6.04. The summed E-state index contributed by atoms with van der Waals surface area (Å²) < 4.78 is 23.6. The third-order valence-corrected chi connectivity index (χ3v) is 18.0. The number of methoxy groups -OCH3 is 2. The number of imide groups is 1. The summed E-state index contributed by atoms with van der Waals surface area (Å²) in [5.41, 5.74) is 6.13. The van der Waals surface area contributed by atoms with Crippen LogP contribution in [-0.2, 0) is 79.9 Å². The Labute approximate surface area is 584 Å². The van der Waals surface area contributed by atoms with Gasteiger partial charge in [0, 0.05) is 78.6 Å². The van der Waals surface area contributed by atoms with Gasteiger partial charge >= 0.3 is 18.1 Å². The lowest BCUT2D eigenvalue weighted by atomic mass is 9.89. The maximum atomic E-state index is 14.9. The van der Waals surface area contributed by atoms with Gasteiger partial charge in [0.05, 0.1) is 36.6 Å². The molecule has 2 aromatic rings. The van der Waals surface area contributed by atoms with Crippen molar-refractivity contribution in [1.82, 2.24) is 46.2 Å². The number of nitrogens with two attached hydrogens (primary N) is 1. The predicted molar refractivity (Wildman–Crippen MR) is 372 cm³/mol. The Morgan fingerprint density at radius 3 is 1.88 bits per heavy atom. The lowest BCUT2D eigenvalue weighted by Gasteiger charge is -2.41. The normalized spacial score (nSPS) is 16.9. The molecule has 0 spiro atoms. The molecule has 27 nitrogen and oxygen atoms in total. The van der Waals surface area contributed by atoms with Crippen LogP contribution in [0, 0.1) is 29.6 Å². The van der Waals surface area contributed by atoms with E-state index in [1.807, 2.05) is 44.2 Å². The van der Waals surface area contributed by atoms with E-state index in [9.17, 15) is 57.5 Å². The lowest BCUT2D eigenvalue weighted by Crippen LogP contribution is -2.60. The van der Waals surface area contributed by atoms with Gasteiger partial charge in [0.25, 0.3) is 11.8 Å². The molecule has 2 aromatic carbocycles. The van der Waals surface area contributed by atoms with Crippen LogP contribution in [0.1, 0.15) is 158 Å². The van der Waals surface area contributed by atoms with Gasteiger partial charge in [-0.1, -0.05) is 118 Å². The number of esters is 1. The predicted octanol–water partition coefficient (Wildman–Crippen LogP) is 5.91. The second-order valence-corrected chi connectivity index (χ2v) is 27.9. The number of likely N-dealkylation sites (tertiary alicyclic amines) is 1. The quantitative estimate of drug-likeness (QED) is 0.0232. The second-order valence-electron chi connectivity index (χ2n) is 27.9. The molecule has 550 valence electrons. The van der Waals surface area contributed by atoms with E-state index in [4.69, 9.17) is 24.7 Å². The summed E-state index contributed by atoms with van der Waals surface area (Å²) in [6.45, 7) is 22.0. The van der Waals surface area contributed by atoms with Crippen molar-refractivity contribution in [2.24, 2.45) is 35.3 Å². The number of hydrogen-bond donors (Lipinski definition) is 7. The van der Waals surface area contributed by atoms with Crippen molar-refractivity contribution in [3.05, 3.63) is 77.9 Å². The minimum atomic E-state index is -1.12. The summed E-state index contributed by atoms with van der Waals surface area (Å²) in [4.78, 5) is 167. The largest absolute Gasteiger partial charge is 0.458 e. The fourth-order valence-corrected chi connectivity index (χ4v) is 12.4. The molecular weight excluding hydrogens is 1270 g/mol. The Kier molecular flexibility index (Phi) is 33.5. The van der Waals surface area contributed by atoms with E-state index in [1.165, 1.54) is 43.2 Å². The van der Waals surface area contributed by atoms with Crippen LogP contribution in [0.5, 0.6) is 0 Å². The van der Waals surface area contributed by atoms with E-state index in [0.717, 1.165) is 10.5 Å². The van der Waals surface area contributed by atoms with Crippen LogP contribution < -0.4 is 37.6 Å². The molecule has 2 heterocycles. The zero-order valence-corrected chi connectivity index (χ0v) is 60.9. The fourth-order valence-electron chi connectivity index (χ4n) is 12.4. The molecule has 11 atom stereocenters. The molecule has 1 fully saturated rings. The van der Waals surface area contributed by atoms with E-state index in [1.54, 1.807) is 105 Å². The highest BCUT2D eigenvalue weighted by Crippen LogP contribution is 2.31. The Morgan fingerprint density at radius 1 is 0.687 bits per heavy atom. The van der Waals surface area contributed by atoms with Crippen LogP contribution in [0.2, 0.25) is 0 Å². The first kappa shape index (κ1) is 83.0. The highest BCUT2D eigenvalue weighted by atomic mass is 16.6. The number of benzene rings is 2. The Balaban J connectivity index is 1.39. The highest BCUT2D eigenvalue weighted by molar-refractivity contribution is 6.12. The van der Waals surface area contributed by atoms with Crippen molar-refractivity contribution in [2.75, 3.05) is 53.3 Å². The average molecular weight is 1390 g/mol. The van der Waals surface area contributed by atoms with E-state index in [-0.39, 0.29) is 81.4 Å². The number of nitrogens with zero attached hydrogens (tertiary/aromatic N) is 4. The number of carbonyl (C=O) groups is 12. The van der Waals surface area contributed by atoms with Crippen molar-refractivity contribution >= 4 is 76.9 Å². The summed E-state index contributed by atoms with van der Waals surface area (Å²) >= 11 is 0. The zero-order valence-electron chi connectivity index (χ0n) is 60.9. The summed E-state index contributed by atoms with van der Waals surface area (Å²) in [5.74, 6) is -6.94. The summed E-state index contributed by atoms with van der Waals surface area (Å²) in [6, 6.07) is 8.46. The maximum absolute atomic E-state index is 14.9. The first-order valence-electron chi connectivity index (χ1n) is 34.6. The maximum Gasteiger partial charge on any atom is 0.410 e. The molecule has 0 radical (unpaired) electrons. The number of amides is 12. The van der Waals surface area contributed by atoms with Crippen molar-refractivity contribution in [2.45, 2.75) is 220 Å². The molecule has 1 saturated heterocycles. The second kappa shape index (κ2) is 40.0. The summed E-state index contributed by atoms with van der Waals surface area (Å²) in [6.07, 6.45) is 3.81. The van der Waals surface area contributed by atoms with Crippen LogP contribution in [0.25, 0.3) is 0 Å². The highest BCUT2D eigenvalue weighted by Gasteiger charge is 2.44. The van der Waals surface area contributed by atoms with Crippen molar-refractivity contribution in [1.29, 1.82) is 0 Å². The molecule has 4 rings (SSSR count). The Bertz CT molecular complexity index is 3070. The molecule has 0 aromatic heterocycles. The van der Waals surface area contributed by atoms with Gasteiger partial charge in [0.2, 0.25) is 41.4 Å². The molecule has 8 N–H and O–H groups in total. The number of hydrogen-bond acceptors (Lipinski definition) is 16. The van der Waals surface area contributed by atoms with Gasteiger partial charge in [-0.05, 0) is 106 Å². The summed E-state index contributed by atoms with van der Waals surface area (Å²) in [5, 5.41) is 16.6. The van der Waals surface area contributed by atoms with Crippen molar-refractivity contribution < 1.29 is 76.5 Å². The molecule has 0 bridgehead atoms. The fraction of sp³-hybridized carbons (Fsp3) is 0.639. The first-order valence-corrected chi connectivity index (χ1v) is 34.6. The minimum Gasteiger partial charge on any atom is -0.458 e. The van der Waals surface area contributed by atoms with E-state index in [0.29, 0.717) is 56.3 Å². The topological polar surface area (TPSA) is 353 Å². The van der Waals surface area contributed by atoms with Crippen molar-refractivity contribution in [3.63, 3.8) is 0 Å². The molecule has 99 heavy (non-hydrogen) atoms. The number of carbonyl (C=O) groups excluding carboxylic acids is 12. The van der Waals surface area contributed by atoms with Gasteiger partial charge < -0.3 is 66.4 Å². The monoisotopic (exact) mass is 1390 g/mol. The molecule has 2 unspecified atom stereocenters. The zero-order chi connectivity index (χ0) is 74.0. The minimum absolute atomic E-state index is 0.0800. The molecule has 2 aliphatic heterocycles. The standard InChI is InChI=1S/C72H111N11O16/c1-17-46(8)62(54(96-15)41-58(87)82-39-25-29-53(82)63(97-16)47(9)64(88)77-52(69(93)99-72(10,11)12)40-48-26-20-18-21-27-48)80(13)68(92)60(44(4)5)79-67(91)61(45(6)7)81(14)71(95)98-42-49-31-33-50(34-32-49)75-65(89)51(28-24-37-74-70(73)94)76-66(90)59(43(2)3)78-55(84)30-22-19-23-38-83-56(85)35-36-57(83)86/h18,20-21,26-27,31-36,43-47,51-54,59-63H,17,19,22-25,28-30,37-42H2,1-16H3,(H,75,89)(H,76,90)(H,77,88)(H,78,84)(H,79,91)(H3,73,74,94)/t46-,47+,51-,52-,53-,54?,59?,60-,61-,62-,63+/m0/s1. The number of urea groups is 1. The van der Waals surface area contributed by atoms with Crippen LogP contribution >= 0.6 is 0 Å². The SMILES string of the molecule is CC[C@H](C)[C@@H](C(CC(=O)N1CCC[C@H]1[C@H](OC)[C@@H](C)C(=O)N[C@@H](Cc1ccccc1)C(=O)OC(C)(C)C)OC)N(C)C(=O)[C@@H](NC(=O)[C@H](C(C)C)N(C)C(=O)OCc1ccc(NC(=O)[C@H](CCCNC(N)=O)NC(=O)C(NC(=O)CCCCCN2C(=O)C=CC2=O)C(C)C)cc1)C(C)C. The smallest absolute Gasteiger partial charge is 0.410 e. The van der Waals surface area contributed by atoms with Gasteiger partial charge in [0.1, 0.15) is 42.4 Å². The Morgan fingerprint density at radius 2 is 1.31 bits per heavy atom. The van der Waals surface area contributed by atoms with Gasteiger partial charge in [-0.15, -0.1) is 0 Å². The van der Waals surface area contributed by atoms with Crippen LogP contribution in [0.3, 0.4) is 0 Å². The molecular formula is C72H111N11O16. The molecule has 12 amide bonds. The Hall–Kier alpha value is -8.46. The average Bonchev–Trinajstić information content (AvgIpc) is 1.75. The van der Waals surface area contributed by atoms with Gasteiger partial charge in [0.15, 0.2) is 0 Å². The molecule has 0 saturated carbocycles. The van der Waals surface area contributed by atoms with Crippen molar-refractivity contribution in [3.8, 4) is 0 Å². The number of unbranched alkanes of at least 4 members (excludes halogenated alkanes) is 2. The number of rotatable bonds is 39. The third-order valence-electron chi connectivity index (χ3n) is 18.0. The number of primary amides is 1. The van der Waals surface area contributed by atoms with E-state index >= 15 is 0 Å². The van der Waals surface area contributed by atoms with Gasteiger partial charge in [-0.2, -0.15) is 0 Å².